The lowest BCUT2D eigenvalue weighted by atomic mass is 9.90. The van der Waals surface area contributed by atoms with Crippen LogP contribution in [0.25, 0.3) is 0 Å². The number of ether oxygens (including phenoxy) is 1. The second-order valence-corrected chi connectivity index (χ2v) is 3.96. The maximum absolute atomic E-state index is 5.25. The summed E-state index contributed by atoms with van der Waals surface area (Å²) in [4.78, 5) is 0. The Bertz CT molecular complexity index is 322. The molecule has 0 spiro atoms. The average molecular weight is 191 g/mol. The number of rotatable bonds is 2. The zero-order chi connectivity index (χ0) is 9.97. The minimum absolute atomic E-state index is 0.566. The van der Waals surface area contributed by atoms with Gasteiger partial charge in [0.25, 0.3) is 0 Å². The van der Waals surface area contributed by atoms with Gasteiger partial charge in [-0.25, -0.2) is 0 Å². The van der Waals surface area contributed by atoms with Crippen molar-refractivity contribution in [3.63, 3.8) is 0 Å². The van der Waals surface area contributed by atoms with E-state index in [1.165, 1.54) is 23.2 Å². The van der Waals surface area contributed by atoms with E-state index in [0.29, 0.717) is 5.92 Å². The normalized spacial score (nSPS) is 20.0. The van der Waals surface area contributed by atoms with Gasteiger partial charge in [0.1, 0.15) is 0 Å². The number of hydrogen-bond donors (Lipinski definition) is 1. The number of aryl methyl sites for hydroxylation is 1. The molecule has 1 heterocycles. The van der Waals surface area contributed by atoms with E-state index in [1.807, 2.05) is 0 Å². The van der Waals surface area contributed by atoms with Crippen molar-refractivity contribution in [2.45, 2.75) is 19.3 Å². The summed E-state index contributed by atoms with van der Waals surface area (Å²) in [5, 5.41) is 3.42. The molecule has 1 atom stereocenters. The molecule has 1 N–H and O–H groups in total. The molecule has 14 heavy (non-hydrogen) atoms. The number of methoxy groups -OCH3 is 1. The summed E-state index contributed by atoms with van der Waals surface area (Å²) in [5.41, 5.74) is 4.02. The Morgan fingerprint density at radius 2 is 2.36 bits per heavy atom. The molecule has 0 fully saturated rings. The molecule has 0 saturated heterocycles. The summed E-state index contributed by atoms with van der Waals surface area (Å²) in [6, 6.07) is 6.60. The first-order valence-corrected chi connectivity index (χ1v) is 5.14. The third kappa shape index (κ3) is 1.75. The molecule has 0 aliphatic carbocycles. The predicted octanol–water partition coefficient (Wildman–Crippen LogP) is 2.54. The first-order chi connectivity index (χ1) is 6.81. The Morgan fingerprint density at radius 3 is 3.14 bits per heavy atom. The molecule has 2 nitrogen and oxygen atoms in total. The summed E-state index contributed by atoms with van der Waals surface area (Å²) in [6.07, 6.45) is 1.17. The first-order valence-electron chi connectivity index (χ1n) is 5.14. The molecule has 1 aromatic rings. The van der Waals surface area contributed by atoms with E-state index in [1.54, 1.807) is 7.11 Å². The molecule has 76 valence electrons. The van der Waals surface area contributed by atoms with Crippen LogP contribution in [-0.4, -0.2) is 20.3 Å². The quantitative estimate of drug-likeness (QED) is 0.775. The summed E-state index contributed by atoms with van der Waals surface area (Å²) in [7, 11) is 1.78. The highest BCUT2D eigenvalue weighted by atomic mass is 16.5. The molecule has 1 aromatic carbocycles. The van der Waals surface area contributed by atoms with Gasteiger partial charge in [0.05, 0.1) is 6.61 Å². The fourth-order valence-corrected chi connectivity index (χ4v) is 2.09. The van der Waals surface area contributed by atoms with Crippen LogP contribution in [0.5, 0.6) is 0 Å². The molecule has 1 unspecified atom stereocenters. The van der Waals surface area contributed by atoms with Crippen LogP contribution in [-0.2, 0) is 4.74 Å². The Labute approximate surface area is 85.3 Å². The Balaban J connectivity index is 2.32. The maximum Gasteiger partial charge on any atom is 0.0532 e. The molecule has 1 aliphatic heterocycles. The van der Waals surface area contributed by atoms with Gasteiger partial charge in [0.15, 0.2) is 0 Å². The lowest BCUT2D eigenvalue weighted by Crippen LogP contribution is -2.19. The van der Waals surface area contributed by atoms with Crippen LogP contribution < -0.4 is 5.32 Å². The van der Waals surface area contributed by atoms with Gasteiger partial charge in [-0.1, -0.05) is 17.7 Å². The van der Waals surface area contributed by atoms with Crippen LogP contribution >= 0.6 is 0 Å². The van der Waals surface area contributed by atoms with Crippen LogP contribution in [0.4, 0.5) is 5.69 Å². The monoisotopic (exact) mass is 191 g/mol. The van der Waals surface area contributed by atoms with Crippen molar-refractivity contribution < 1.29 is 4.74 Å². The van der Waals surface area contributed by atoms with Crippen molar-refractivity contribution in [1.82, 2.24) is 0 Å². The van der Waals surface area contributed by atoms with Gasteiger partial charge in [-0.05, 0) is 25.0 Å². The van der Waals surface area contributed by atoms with Gasteiger partial charge in [0, 0.05) is 25.3 Å². The summed E-state index contributed by atoms with van der Waals surface area (Å²) >= 11 is 0. The molecule has 2 heteroatoms. The second kappa shape index (κ2) is 4.01. The lowest BCUT2D eigenvalue weighted by molar-refractivity contribution is 0.176. The number of hydrogen-bond acceptors (Lipinski definition) is 2. The molecular weight excluding hydrogens is 174 g/mol. The molecule has 0 amide bonds. The SMILES string of the molecule is COCC1CCNc2ccc(C)cc21. The van der Waals surface area contributed by atoms with Gasteiger partial charge < -0.3 is 10.1 Å². The minimum Gasteiger partial charge on any atom is -0.385 e. The van der Waals surface area contributed by atoms with Crippen LogP contribution in [0.3, 0.4) is 0 Å². The van der Waals surface area contributed by atoms with Gasteiger partial charge in [0.2, 0.25) is 0 Å². The molecule has 1 aliphatic rings. The van der Waals surface area contributed by atoms with E-state index < -0.39 is 0 Å². The summed E-state index contributed by atoms with van der Waals surface area (Å²) in [5.74, 6) is 0.566. The van der Waals surface area contributed by atoms with Gasteiger partial charge in [-0.15, -0.1) is 0 Å². The van der Waals surface area contributed by atoms with Crippen molar-refractivity contribution in [1.29, 1.82) is 0 Å². The summed E-state index contributed by atoms with van der Waals surface area (Å²) in [6.45, 7) is 4.03. The molecule has 0 radical (unpaired) electrons. The van der Waals surface area contributed by atoms with E-state index in [-0.39, 0.29) is 0 Å². The van der Waals surface area contributed by atoms with E-state index in [9.17, 15) is 0 Å². The van der Waals surface area contributed by atoms with E-state index in [2.05, 4.69) is 30.4 Å². The molecule has 0 saturated carbocycles. The molecule has 0 aromatic heterocycles. The molecular formula is C12H17NO. The van der Waals surface area contributed by atoms with Crippen molar-refractivity contribution in [3.05, 3.63) is 29.3 Å². The van der Waals surface area contributed by atoms with E-state index >= 15 is 0 Å². The topological polar surface area (TPSA) is 21.3 Å². The standard InChI is InChI=1S/C12H17NO/c1-9-3-4-12-11(7-9)10(8-14-2)5-6-13-12/h3-4,7,10,13H,5-6,8H2,1-2H3. The van der Waals surface area contributed by atoms with Crippen LogP contribution in [0.15, 0.2) is 18.2 Å². The Kier molecular flexibility index (Phi) is 2.73. The summed E-state index contributed by atoms with van der Waals surface area (Å²) < 4.78 is 5.25. The largest absolute Gasteiger partial charge is 0.385 e. The zero-order valence-corrected chi connectivity index (χ0v) is 8.84. The average Bonchev–Trinajstić information content (AvgIpc) is 2.19. The Hall–Kier alpha value is -1.02. The Morgan fingerprint density at radius 1 is 1.50 bits per heavy atom. The highest BCUT2D eigenvalue weighted by Crippen LogP contribution is 2.32. The smallest absolute Gasteiger partial charge is 0.0532 e. The minimum atomic E-state index is 0.566. The first kappa shape index (κ1) is 9.53. The van der Waals surface area contributed by atoms with Gasteiger partial charge in [-0.2, -0.15) is 0 Å². The molecule has 2 rings (SSSR count). The van der Waals surface area contributed by atoms with Crippen molar-refractivity contribution in [2.75, 3.05) is 25.6 Å². The number of nitrogens with one attached hydrogen (secondary N) is 1. The van der Waals surface area contributed by atoms with Crippen LogP contribution in [0.1, 0.15) is 23.5 Å². The molecule has 0 bridgehead atoms. The fraction of sp³-hybridized carbons (Fsp3) is 0.500. The van der Waals surface area contributed by atoms with E-state index in [4.69, 9.17) is 4.74 Å². The third-order valence-corrected chi connectivity index (χ3v) is 2.82. The van der Waals surface area contributed by atoms with Crippen molar-refractivity contribution in [3.8, 4) is 0 Å². The lowest BCUT2D eigenvalue weighted by Gasteiger charge is -2.26. The van der Waals surface area contributed by atoms with Crippen molar-refractivity contribution in [2.24, 2.45) is 0 Å². The van der Waals surface area contributed by atoms with Gasteiger partial charge in [-0.3, -0.25) is 0 Å². The highest BCUT2D eigenvalue weighted by molar-refractivity contribution is 5.56. The number of benzene rings is 1. The predicted molar refractivity (Wildman–Crippen MR) is 58.9 cm³/mol. The van der Waals surface area contributed by atoms with E-state index in [0.717, 1.165) is 13.2 Å². The fourth-order valence-electron chi connectivity index (χ4n) is 2.09. The second-order valence-electron chi connectivity index (χ2n) is 3.96. The number of fused-ring (bicyclic) bond motifs is 1. The van der Waals surface area contributed by atoms with Gasteiger partial charge >= 0.3 is 0 Å². The van der Waals surface area contributed by atoms with Crippen LogP contribution in [0, 0.1) is 6.92 Å². The van der Waals surface area contributed by atoms with Crippen molar-refractivity contribution >= 4 is 5.69 Å². The highest BCUT2D eigenvalue weighted by Gasteiger charge is 2.19. The maximum atomic E-state index is 5.25. The van der Waals surface area contributed by atoms with Crippen LogP contribution in [0.2, 0.25) is 0 Å². The zero-order valence-electron chi connectivity index (χ0n) is 8.84. The number of anilines is 1. The third-order valence-electron chi connectivity index (χ3n) is 2.82.